The van der Waals surface area contributed by atoms with Crippen molar-refractivity contribution < 1.29 is 9.15 Å². The first-order valence-corrected chi connectivity index (χ1v) is 10.1. The zero-order valence-corrected chi connectivity index (χ0v) is 14.3. The number of halogens is 1. The molecular weight excluding hydrogens is 387 g/mol. The van der Waals surface area contributed by atoms with E-state index in [9.17, 15) is 0 Å². The van der Waals surface area contributed by atoms with E-state index in [4.69, 9.17) is 9.15 Å². The van der Waals surface area contributed by atoms with Crippen LogP contribution in [0.3, 0.4) is 0 Å². The molecule has 0 aromatic carbocycles. The lowest BCUT2D eigenvalue weighted by atomic mass is 10.3. The second-order valence-electron chi connectivity index (χ2n) is 4.55. The number of morpholine rings is 1. The van der Waals surface area contributed by atoms with Crippen molar-refractivity contribution in [2.24, 2.45) is 0 Å². The van der Waals surface area contributed by atoms with Crippen LogP contribution in [0.5, 0.6) is 0 Å². The van der Waals surface area contributed by atoms with Crippen molar-refractivity contribution in [2.75, 3.05) is 39.4 Å². The van der Waals surface area contributed by atoms with Crippen LogP contribution >= 0.6 is 30.1 Å². The highest BCUT2D eigenvalue weighted by Crippen LogP contribution is 2.10. The van der Waals surface area contributed by atoms with Crippen molar-refractivity contribution >= 4 is 30.1 Å². The van der Waals surface area contributed by atoms with E-state index in [-0.39, 0.29) is 0 Å². The molecule has 1 aromatic rings. The van der Waals surface area contributed by atoms with Gasteiger partial charge in [-0.1, -0.05) is 0 Å². The van der Waals surface area contributed by atoms with Gasteiger partial charge < -0.3 is 14.5 Å². The predicted molar refractivity (Wildman–Crippen MR) is 90.8 cm³/mol. The molecule has 4 nitrogen and oxygen atoms in total. The van der Waals surface area contributed by atoms with E-state index >= 15 is 0 Å². The Morgan fingerprint density at radius 3 is 3.00 bits per heavy atom. The van der Waals surface area contributed by atoms with E-state index < -0.39 is 0 Å². The van der Waals surface area contributed by atoms with Gasteiger partial charge in [-0.15, -0.1) is 0 Å². The zero-order valence-electron chi connectivity index (χ0n) is 11.4. The maximum absolute atomic E-state index is 5.60. The third-order valence-corrected chi connectivity index (χ3v) is 3.95. The third kappa shape index (κ3) is 6.06. The molecule has 1 aliphatic heterocycles. The summed E-state index contributed by atoms with van der Waals surface area (Å²) >= 11 is 2.15. The van der Waals surface area contributed by atoms with Crippen LogP contribution in [0.25, 0.3) is 0 Å². The van der Waals surface area contributed by atoms with E-state index in [0.717, 1.165) is 63.9 Å². The Morgan fingerprint density at radius 1 is 1.35 bits per heavy atom. The first kappa shape index (κ1) is 16.2. The molecule has 110 valence electrons. The fraction of sp³-hybridized carbons (Fsp3) is 0.571. The van der Waals surface area contributed by atoms with Gasteiger partial charge in [-0.2, -0.15) is 0 Å². The minimum absolute atomic E-state index is 0.735. The Hall–Kier alpha value is -0.200. The number of nitrogens with zero attached hydrogens (tertiary/aromatic N) is 1. The van der Waals surface area contributed by atoms with Crippen LogP contribution in [0.2, 0.25) is 0 Å². The Labute approximate surface area is 136 Å². The average molecular weight is 406 g/mol. The summed E-state index contributed by atoms with van der Waals surface area (Å²) < 4.78 is 10.9. The Morgan fingerprint density at radius 2 is 2.20 bits per heavy atom. The van der Waals surface area contributed by atoms with Crippen molar-refractivity contribution in [3.63, 3.8) is 0 Å². The Kier molecular flexibility index (Phi) is 7.83. The SMILES string of the molecule is ISC#Cc1ccc(CNCCCN2CCOCC2)o1. The van der Waals surface area contributed by atoms with Crippen LogP contribution in [0.4, 0.5) is 0 Å². The van der Waals surface area contributed by atoms with E-state index in [1.165, 1.54) is 8.93 Å². The van der Waals surface area contributed by atoms with Gasteiger partial charge in [0, 0.05) is 34.3 Å². The Balaban J connectivity index is 1.57. The van der Waals surface area contributed by atoms with Crippen LogP contribution in [0.15, 0.2) is 16.5 Å². The van der Waals surface area contributed by atoms with Crippen LogP contribution in [-0.2, 0) is 11.3 Å². The highest BCUT2D eigenvalue weighted by atomic mass is 127. The highest BCUT2D eigenvalue weighted by molar-refractivity contribution is 14.2. The lowest BCUT2D eigenvalue weighted by Gasteiger charge is -2.26. The first-order chi connectivity index (χ1) is 9.88. The molecule has 1 fully saturated rings. The summed E-state index contributed by atoms with van der Waals surface area (Å²) in [5.74, 6) is 4.63. The summed E-state index contributed by atoms with van der Waals surface area (Å²) in [6.07, 6.45) is 1.15. The van der Waals surface area contributed by atoms with Gasteiger partial charge in [0.05, 0.1) is 19.8 Å². The summed E-state index contributed by atoms with van der Waals surface area (Å²) in [4.78, 5) is 2.45. The van der Waals surface area contributed by atoms with Crippen molar-refractivity contribution in [3.8, 4) is 11.2 Å². The standard InChI is InChI=1S/C14H19IN2O2S/c15-20-11-4-13-2-3-14(19-13)12-16-5-1-6-17-7-9-18-10-8-17/h2-3,16H,1,5-10,12H2. The van der Waals surface area contributed by atoms with Gasteiger partial charge >= 0.3 is 0 Å². The Bertz CT molecular complexity index is 450. The van der Waals surface area contributed by atoms with Crippen LogP contribution in [0.1, 0.15) is 17.9 Å². The van der Waals surface area contributed by atoms with Crippen molar-refractivity contribution in [1.29, 1.82) is 0 Å². The lowest BCUT2D eigenvalue weighted by Crippen LogP contribution is -2.37. The van der Waals surface area contributed by atoms with Crippen LogP contribution in [-0.4, -0.2) is 44.3 Å². The number of rotatable bonds is 6. The van der Waals surface area contributed by atoms with E-state index in [0.29, 0.717) is 0 Å². The molecule has 1 N–H and O–H groups in total. The molecule has 1 saturated heterocycles. The molecule has 1 aliphatic rings. The number of hydrogen-bond donors (Lipinski definition) is 1. The van der Waals surface area contributed by atoms with E-state index in [1.807, 2.05) is 12.1 Å². The predicted octanol–water partition coefficient (Wildman–Crippen LogP) is 2.48. The molecule has 0 saturated carbocycles. The topological polar surface area (TPSA) is 37.6 Å². The molecule has 20 heavy (non-hydrogen) atoms. The quantitative estimate of drug-likeness (QED) is 0.447. The second-order valence-corrected chi connectivity index (χ2v) is 6.23. The summed E-state index contributed by atoms with van der Waals surface area (Å²) in [7, 11) is 1.46. The number of furan rings is 1. The number of ether oxygens (including phenoxy) is 1. The molecule has 0 amide bonds. The van der Waals surface area contributed by atoms with Gasteiger partial charge in [0.1, 0.15) is 5.76 Å². The molecule has 2 rings (SSSR count). The molecule has 0 unspecified atom stereocenters. The molecule has 6 heteroatoms. The van der Waals surface area contributed by atoms with Crippen LogP contribution < -0.4 is 5.32 Å². The zero-order chi connectivity index (χ0) is 14.0. The van der Waals surface area contributed by atoms with E-state index in [1.54, 1.807) is 0 Å². The lowest BCUT2D eigenvalue weighted by molar-refractivity contribution is 0.0374. The molecule has 0 radical (unpaired) electrons. The van der Waals surface area contributed by atoms with Gasteiger partial charge in [0.25, 0.3) is 0 Å². The van der Waals surface area contributed by atoms with Gasteiger partial charge in [0.2, 0.25) is 0 Å². The molecule has 2 heterocycles. The normalized spacial score (nSPS) is 15.8. The smallest absolute Gasteiger partial charge is 0.177 e. The molecule has 0 bridgehead atoms. The largest absolute Gasteiger partial charge is 0.451 e. The first-order valence-electron chi connectivity index (χ1n) is 6.76. The molecule has 0 spiro atoms. The molecular formula is C14H19IN2O2S. The minimum Gasteiger partial charge on any atom is -0.451 e. The van der Waals surface area contributed by atoms with Gasteiger partial charge in [-0.25, -0.2) is 0 Å². The fourth-order valence-corrected chi connectivity index (χ4v) is 2.54. The third-order valence-electron chi connectivity index (χ3n) is 3.11. The maximum atomic E-state index is 5.60. The van der Waals surface area contributed by atoms with Gasteiger partial charge in [-0.05, 0) is 51.7 Å². The van der Waals surface area contributed by atoms with Crippen LogP contribution in [0, 0.1) is 11.2 Å². The number of nitrogens with one attached hydrogen (secondary N) is 1. The van der Waals surface area contributed by atoms with Crippen molar-refractivity contribution in [3.05, 3.63) is 23.7 Å². The number of hydrogen-bond acceptors (Lipinski definition) is 5. The summed E-state index contributed by atoms with van der Waals surface area (Å²) in [5.41, 5.74) is 0. The monoisotopic (exact) mass is 406 g/mol. The highest BCUT2D eigenvalue weighted by Gasteiger charge is 2.08. The molecule has 0 aliphatic carbocycles. The van der Waals surface area contributed by atoms with Gasteiger partial charge in [0.15, 0.2) is 5.76 Å². The van der Waals surface area contributed by atoms with Crippen molar-refractivity contribution in [2.45, 2.75) is 13.0 Å². The average Bonchev–Trinajstić information content (AvgIpc) is 2.94. The summed E-state index contributed by atoms with van der Waals surface area (Å²) in [6.45, 7) is 6.78. The molecule has 0 atom stereocenters. The molecule has 1 aromatic heterocycles. The van der Waals surface area contributed by atoms with Crippen molar-refractivity contribution in [1.82, 2.24) is 10.2 Å². The summed E-state index contributed by atoms with van der Waals surface area (Å²) in [5, 5.41) is 6.32. The fourth-order valence-electron chi connectivity index (χ4n) is 2.07. The second kappa shape index (κ2) is 9.68. The summed E-state index contributed by atoms with van der Waals surface area (Å²) in [6, 6.07) is 3.90. The maximum Gasteiger partial charge on any atom is 0.177 e. The van der Waals surface area contributed by atoms with E-state index in [2.05, 4.69) is 42.6 Å². The van der Waals surface area contributed by atoms with Gasteiger partial charge in [-0.3, -0.25) is 4.90 Å². The minimum atomic E-state index is 0.735.